The van der Waals surface area contributed by atoms with Gasteiger partial charge in [-0.15, -0.1) is 0 Å². The number of nitrogens with zero attached hydrogens (tertiary/aromatic N) is 2. The maximum atomic E-state index is 12.5. The van der Waals surface area contributed by atoms with Crippen molar-refractivity contribution in [3.8, 4) is 0 Å². The average molecular weight is 323 g/mol. The zero-order valence-corrected chi connectivity index (χ0v) is 13.9. The highest BCUT2D eigenvalue weighted by Gasteiger charge is 2.35. The lowest BCUT2D eigenvalue weighted by atomic mass is 9.84. The van der Waals surface area contributed by atoms with Crippen LogP contribution >= 0.6 is 0 Å². The standard InChI is InChI=1S/C17H29N3O3/c21-15(13-5-2-1-3-6-13)16(22)19-11-7-14(8-12-19)20-10-4-9-18-17(20)23/h13-15,21H,1-12H2,(H,18,23). The van der Waals surface area contributed by atoms with Gasteiger partial charge in [0.15, 0.2) is 0 Å². The van der Waals surface area contributed by atoms with Crippen LogP contribution in [0.5, 0.6) is 0 Å². The molecule has 2 N–H and O–H groups in total. The van der Waals surface area contributed by atoms with Crippen molar-refractivity contribution in [3.05, 3.63) is 0 Å². The predicted molar refractivity (Wildman–Crippen MR) is 86.9 cm³/mol. The van der Waals surface area contributed by atoms with E-state index in [-0.39, 0.29) is 23.9 Å². The second kappa shape index (κ2) is 7.51. The lowest BCUT2D eigenvalue weighted by molar-refractivity contribution is -0.145. The van der Waals surface area contributed by atoms with Crippen molar-refractivity contribution in [2.75, 3.05) is 26.2 Å². The van der Waals surface area contributed by atoms with E-state index >= 15 is 0 Å². The molecule has 6 nitrogen and oxygen atoms in total. The van der Waals surface area contributed by atoms with Gasteiger partial charge >= 0.3 is 6.03 Å². The van der Waals surface area contributed by atoms with Crippen LogP contribution in [0, 0.1) is 5.92 Å². The molecule has 0 radical (unpaired) electrons. The number of urea groups is 1. The molecule has 0 aromatic carbocycles. The minimum Gasteiger partial charge on any atom is -0.383 e. The molecule has 0 spiro atoms. The number of aliphatic hydroxyl groups excluding tert-OH is 1. The smallest absolute Gasteiger partial charge is 0.317 e. The van der Waals surface area contributed by atoms with Crippen molar-refractivity contribution in [3.63, 3.8) is 0 Å². The highest BCUT2D eigenvalue weighted by atomic mass is 16.3. The summed E-state index contributed by atoms with van der Waals surface area (Å²) < 4.78 is 0. The monoisotopic (exact) mass is 323 g/mol. The van der Waals surface area contributed by atoms with Crippen LogP contribution in [0.25, 0.3) is 0 Å². The molecule has 1 saturated carbocycles. The van der Waals surface area contributed by atoms with Gasteiger partial charge in [-0.2, -0.15) is 0 Å². The number of hydrogen-bond donors (Lipinski definition) is 2. The molecule has 23 heavy (non-hydrogen) atoms. The molecule has 2 aliphatic heterocycles. The van der Waals surface area contributed by atoms with E-state index in [9.17, 15) is 14.7 Å². The molecule has 6 heteroatoms. The number of amides is 3. The molecule has 3 fully saturated rings. The molecule has 3 aliphatic rings. The SMILES string of the molecule is O=C(C(O)C1CCCCC1)N1CCC(N2CCCNC2=O)CC1. The number of hydrogen-bond acceptors (Lipinski definition) is 3. The highest BCUT2D eigenvalue weighted by Crippen LogP contribution is 2.28. The molecule has 2 saturated heterocycles. The summed E-state index contributed by atoms with van der Waals surface area (Å²) in [4.78, 5) is 28.2. The van der Waals surface area contributed by atoms with Crippen LogP contribution in [-0.4, -0.2) is 65.2 Å². The lowest BCUT2D eigenvalue weighted by Gasteiger charge is -2.41. The Morgan fingerprint density at radius 2 is 1.74 bits per heavy atom. The Kier molecular flexibility index (Phi) is 5.41. The second-order valence-corrected chi connectivity index (χ2v) is 7.18. The molecule has 1 unspecified atom stereocenters. The molecule has 2 heterocycles. The zero-order valence-electron chi connectivity index (χ0n) is 13.9. The normalized spacial score (nSPS) is 26.0. The molecular weight excluding hydrogens is 294 g/mol. The lowest BCUT2D eigenvalue weighted by Crippen LogP contribution is -2.55. The summed E-state index contributed by atoms with van der Waals surface area (Å²) in [5.74, 6) is 0.0419. The van der Waals surface area contributed by atoms with Crippen LogP contribution in [0.2, 0.25) is 0 Å². The quantitative estimate of drug-likeness (QED) is 0.823. The fraction of sp³-hybridized carbons (Fsp3) is 0.882. The van der Waals surface area contributed by atoms with E-state index in [4.69, 9.17) is 0 Å². The first kappa shape index (κ1) is 16.6. The van der Waals surface area contributed by atoms with E-state index in [2.05, 4.69) is 5.32 Å². The van der Waals surface area contributed by atoms with Gasteiger partial charge in [-0.05, 0) is 38.0 Å². The number of rotatable bonds is 3. The molecule has 130 valence electrons. The van der Waals surface area contributed by atoms with Crippen LogP contribution in [0.4, 0.5) is 4.79 Å². The van der Waals surface area contributed by atoms with Crippen LogP contribution < -0.4 is 5.32 Å². The number of carbonyl (C=O) groups is 2. The van der Waals surface area contributed by atoms with Crippen LogP contribution in [-0.2, 0) is 4.79 Å². The van der Waals surface area contributed by atoms with Gasteiger partial charge in [0, 0.05) is 32.2 Å². The van der Waals surface area contributed by atoms with Gasteiger partial charge < -0.3 is 20.2 Å². The summed E-state index contributed by atoms with van der Waals surface area (Å²) >= 11 is 0. The van der Waals surface area contributed by atoms with E-state index < -0.39 is 6.10 Å². The third kappa shape index (κ3) is 3.79. The van der Waals surface area contributed by atoms with E-state index in [0.29, 0.717) is 13.1 Å². The van der Waals surface area contributed by atoms with E-state index in [1.165, 1.54) is 6.42 Å². The molecule has 0 aromatic heterocycles. The van der Waals surface area contributed by atoms with Crippen molar-refractivity contribution < 1.29 is 14.7 Å². The molecule has 3 rings (SSSR count). The number of aliphatic hydroxyl groups is 1. The Balaban J connectivity index is 1.49. The molecule has 0 bridgehead atoms. The van der Waals surface area contributed by atoms with Crippen LogP contribution in [0.3, 0.4) is 0 Å². The summed E-state index contributed by atoms with van der Waals surface area (Å²) in [5, 5.41) is 13.3. The first-order chi connectivity index (χ1) is 11.2. The van der Waals surface area contributed by atoms with Gasteiger partial charge in [-0.25, -0.2) is 4.79 Å². The number of piperidine rings is 1. The minimum absolute atomic E-state index is 0.0308. The maximum Gasteiger partial charge on any atom is 0.317 e. The third-order valence-corrected chi connectivity index (χ3v) is 5.68. The van der Waals surface area contributed by atoms with Gasteiger partial charge in [-0.1, -0.05) is 19.3 Å². The van der Waals surface area contributed by atoms with Crippen molar-refractivity contribution >= 4 is 11.9 Å². The van der Waals surface area contributed by atoms with Crippen LogP contribution in [0.15, 0.2) is 0 Å². The van der Waals surface area contributed by atoms with Crippen molar-refractivity contribution in [1.29, 1.82) is 0 Å². The van der Waals surface area contributed by atoms with E-state index in [0.717, 1.165) is 58.0 Å². The van der Waals surface area contributed by atoms with Gasteiger partial charge in [0.2, 0.25) is 0 Å². The Morgan fingerprint density at radius 1 is 1.04 bits per heavy atom. The fourth-order valence-corrected chi connectivity index (χ4v) is 4.23. The van der Waals surface area contributed by atoms with Crippen molar-refractivity contribution in [1.82, 2.24) is 15.1 Å². The largest absolute Gasteiger partial charge is 0.383 e. The Hall–Kier alpha value is -1.30. The molecule has 1 aliphatic carbocycles. The summed E-state index contributed by atoms with van der Waals surface area (Å²) in [6.45, 7) is 2.88. The highest BCUT2D eigenvalue weighted by molar-refractivity contribution is 5.81. The zero-order chi connectivity index (χ0) is 16.2. The molecule has 1 atom stereocenters. The molecule has 0 aromatic rings. The summed E-state index contributed by atoms with van der Waals surface area (Å²) in [7, 11) is 0. The Morgan fingerprint density at radius 3 is 2.39 bits per heavy atom. The maximum absolute atomic E-state index is 12.5. The van der Waals surface area contributed by atoms with Crippen molar-refractivity contribution in [2.45, 2.75) is 63.5 Å². The van der Waals surface area contributed by atoms with Gasteiger partial charge in [0.05, 0.1) is 0 Å². The summed E-state index contributed by atoms with van der Waals surface area (Å²) in [5.41, 5.74) is 0. The summed E-state index contributed by atoms with van der Waals surface area (Å²) in [6, 6.07) is 0.259. The topological polar surface area (TPSA) is 72.9 Å². The third-order valence-electron chi connectivity index (χ3n) is 5.68. The fourth-order valence-electron chi connectivity index (χ4n) is 4.23. The second-order valence-electron chi connectivity index (χ2n) is 7.18. The van der Waals surface area contributed by atoms with Gasteiger partial charge in [-0.3, -0.25) is 4.79 Å². The Bertz CT molecular complexity index is 429. The van der Waals surface area contributed by atoms with Crippen molar-refractivity contribution in [2.24, 2.45) is 5.92 Å². The average Bonchev–Trinajstić information content (AvgIpc) is 2.62. The number of nitrogens with one attached hydrogen (secondary N) is 1. The number of likely N-dealkylation sites (tertiary alicyclic amines) is 1. The number of carbonyl (C=O) groups excluding carboxylic acids is 2. The van der Waals surface area contributed by atoms with E-state index in [1.54, 1.807) is 4.90 Å². The molecule has 3 amide bonds. The Labute approximate surface area is 138 Å². The van der Waals surface area contributed by atoms with E-state index in [1.807, 2.05) is 4.90 Å². The minimum atomic E-state index is -0.829. The first-order valence-corrected chi connectivity index (χ1v) is 9.18. The van der Waals surface area contributed by atoms with Gasteiger partial charge in [0.25, 0.3) is 5.91 Å². The molecular formula is C17H29N3O3. The predicted octanol–water partition coefficient (Wildman–Crippen LogP) is 1.33. The first-order valence-electron chi connectivity index (χ1n) is 9.18. The van der Waals surface area contributed by atoms with Gasteiger partial charge in [0.1, 0.15) is 6.10 Å². The summed E-state index contributed by atoms with van der Waals surface area (Å²) in [6.07, 6.45) is 7.21. The van der Waals surface area contributed by atoms with Crippen LogP contribution in [0.1, 0.15) is 51.4 Å².